The van der Waals surface area contributed by atoms with Gasteiger partial charge in [-0.25, -0.2) is 0 Å². The van der Waals surface area contributed by atoms with Crippen molar-refractivity contribution in [2.24, 2.45) is 17.6 Å². The number of alkyl halides is 3. The van der Waals surface area contributed by atoms with Crippen molar-refractivity contribution in [1.29, 1.82) is 0 Å². The zero-order valence-electron chi connectivity index (χ0n) is 11.7. The van der Waals surface area contributed by atoms with Gasteiger partial charge in [-0.3, -0.25) is 9.78 Å². The molecule has 2 unspecified atom stereocenters. The zero-order chi connectivity index (χ0) is 15.6. The Kier molecular flexibility index (Phi) is 4.51. The molecule has 1 aliphatic rings. The lowest BCUT2D eigenvalue weighted by Crippen LogP contribution is -2.45. The fourth-order valence-electron chi connectivity index (χ4n) is 2.51. The van der Waals surface area contributed by atoms with Gasteiger partial charge < -0.3 is 10.6 Å². The number of rotatable bonds is 2. The van der Waals surface area contributed by atoms with E-state index in [9.17, 15) is 18.0 Å². The van der Waals surface area contributed by atoms with Crippen molar-refractivity contribution in [3.05, 3.63) is 29.6 Å². The van der Waals surface area contributed by atoms with E-state index in [1.807, 2.05) is 0 Å². The molecule has 4 nitrogen and oxygen atoms in total. The molecule has 0 aromatic carbocycles. The number of pyridine rings is 1. The van der Waals surface area contributed by atoms with Crippen molar-refractivity contribution < 1.29 is 18.0 Å². The average molecular weight is 301 g/mol. The molecule has 0 saturated carbocycles. The molecular formula is C14H18F3N3O. The number of piperidine rings is 1. The van der Waals surface area contributed by atoms with Crippen LogP contribution in [0.3, 0.4) is 0 Å². The first kappa shape index (κ1) is 15.8. The molecule has 2 atom stereocenters. The second kappa shape index (κ2) is 6.01. The molecule has 116 valence electrons. The highest BCUT2D eigenvalue weighted by Crippen LogP contribution is 2.28. The highest BCUT2D eigenvalue weighted by molar-refractivity contribution is 5.94. The van der Waals surface area contributed by atoms with Crippen molar-refractivity contribution in [2.45, 2.75) is 19.5 Å². The van der Waals surface area contributed by atoms with Gasteiger partial charge in [-0.1, -0.05) is 6.92 Å². The van der Waals surface area contributed by atoms with Crippen LogP contribution in [0.2, 0.25) is 0 Å². The summed E-state index contributed by atoms with van der Waals surface area (Å²) in [6, 6.07) is 2.01. The van der Waals surface area contributed by atoms with E-state index in [-0.39, 0.29) is 17.4 Å². The molecule has 2 N–H and O–H groups in total. The van der Waals surface area contributed by atoms with E-state index in [4.69, 9.17) is 5.73 Å². The number of hydrogen-bond acceptors (Lipinski definition) is 3. The summed E-state index contributed by atoms with van der Waals surface area (Å²) in [6.07, 6.45) is -2.66. The molecule has 2 rings (SSSR count). The van der Waals surface area contributed by atoms with E-state index in [1.54, 1.807) is 4.90 Å². The third-order valence-corrected chi connectivity index (χ3v) is 4.00. The molecule has 0 spiro atoms. The van der Waals surface area contributed by atoms with Gasteiger partial charge >= 0.3 is 6.18 Å². The third-order valence-electron chi connectivity index (χ3n) is 4.00. The van der Waals surface area contributed by atoms with Crippen LogP contribution in [0.1, 0.15) is 29.4 Å². The first-order valence-electron chi connectivity index (χ1n) is 6.85. The van der Waals surface area contributed by atoms with E-state index in [0.29, 0.717) is 25.6 Å². The lowest BCUT2D eigenvalue weighted by Gasteiger charge is -2.36. The molecule has 1 saturated heterocycles. The molecule has 0 bridgehead atoms. The van der Waals surface area contributed by atoms with Gasteiger partial charge in [0.25, 0.3) is 5.91 Å². The molecule has 1 aromatic rings. The fourth-order valence-corrected chi connectivity index (χ4v) is 2.51. The van der Waals surface area contributed by atoms with Crippen LogP contribution >= 0.6 is 0 Å². The van der Waals surface area contributed by atoms with E-state index in [0.717, 1.165) is 18.7 Å². The molecule has 1 aromatic heterocycles. The largest absolute Gasteiger partial charge is 0.433 e. The Morgan fingerprint density at radius 2 is 2.19 bits per heavy atom. The van der Waals surface area contributed by atoms with Crippen LogP contribution in [-0.2, 0) is 6.18 Å². The topological polar surface area (TPSA) is 59.2 Å². The summed E-state index contributed by atoms with van der Waals surface area (Å²) in [5, 5.41) is 0. The van der Waals surface area contributed by atoms with Crippen molar-refractivity contribution in [3.8, 4) is 0 Å². The number of amides is 1. The number of nitrogens with two attached hydrogens (primary N) is 1. The quantitative estimate of drug-likeness (QED) is 0.910. The fraction of sp³-hybridized carbons (Fsp3) is 0.571. The van der Waals surface area contributed by atoms with Crippen molar-refractivity contribution in [2.75, 3.05) is 19.6 Å². The predicted molar refractivity (Wildman–Crippen MR) is 71.5 cm³/mol. The molecule has 0 radical (unpaired) electrons. The lowest BCUT2D eigenvalue weighted by molar-refractivity contribution is -0.141. The summed E-state index contributed by atoms with van der Waals surface area (Å²) in [6.45, 7) is 3.73. The highest BCUT2D eigenvalue weighted by Gasteiger charge is 2.33. The van der Waals surface area contributed by atoms with Crippen molar-refractivity contribution >= 4 is 5.91 Å². The summed E-state index contributed by atoms with van der Waals surface area (Å²) in [4.78, 5) is 17.3. The molecule has 2 heterocycles. The van der Waals surface area contributed by atoms with Crippen LogP contribution in [0.15, 0.2) is 18.3 Å². The van der Waals surface area contributed by atoms with E-state index in [1.165, 1.54) is 6.07 Å². The predicted octanol–water partition coefficient (Wildman–Crippen LogP) is 2.16. The minimum absolute atomic E-state index is 0.174. The Morgan fingerprint density at radius 3 is 2.71 bits per heavy atom. The van der Waals surface area contributed by atoms with Gasteiger partial charge in [0.05, 0.1) is 5.56 Å². The maximum absolute atomic E-state index is 12.4. The van der Waals surface area contributed by atoms with Gasteiger partial charge in [0.2, 0.25) is 0 Å². The molecule has 1 fully saturated rings. The number of likely N-dealkylation sites (tertiary alicyclic amines) is 1. The number of carbonyl (C=O) groups is 1. The Labute approximate surface area is 121 Å². The molecule has 1 amide bonds. The second-order valence-corrected chi connectivity index (χ2v) is 5.44. The van der Waals surface area contributed by atoms with Crippen LogP contribution in [0.25, 0.3) is 0 Å². The van der Waals surface area contributed by atoms with Crippen LogP contribution in [0.5, 0.6) is 0 Å². The van der Waals surface area contributed by atoms with Crippen LogP contribution in [0, 0.1) is 11.8 Å². The smallest absolute Gasteiger partial charge is 0.338 e. The van der Waals surface area contributed by atoms with Crippen LogP contribution < -0.4 is 5.73 Å². The first-order valence-corrected chi connectivity index (χ1v) is 6.85. The number of carbonyl (C=O) groups excluding carboxylic acids is 1. The Bertz CT molecular complexity index is 501. The summed E-state index contributed by atoms with van der Waals surface area (Å²) in [5.41, 5.74) is 4.87. The third kappa shape index (κ3) is 3.53. The molecular weight excluding hydrogens is 283 g/mol. The number of aromatic nitrogens is 1. The first-order chi connectivity index (χ1) is 9.82. The van der Waals surface area contributed by atoms with E-state index >= 15 is 0 Å². The highest BCUT2D eigenvalue weighted by atomic mass is 19.4. The SMILES string of the molecule is CC1CCN(C(=O)c2ccc(C(F)(F)F)nc2)CC1CN. The van der Waals surface area contributed by atoms with Crippen LogP contribution in [0.4, 0.5) is 13.2 Å². The van der Waals surface area contributed by atoms with Crippen molar-refractivity contribution in [1.82, 2.24) is 9.88 Å². The Hall–Kier alpha value is -1.63. The lowest BCUT2D eigenvalue weighted by atomic mass is 9.87. The Morgan fingerprint density at radius 1 is 1.48 bits per heavy atom. The summed E-state index contributed by atoms with van der Waals surface area (Å²) in [5.74, 6) is 0.386. The number of nitrogens with zero attached hydrogens (tertiary/aromatic N) is 2. The monoisotopic (exact) mass is 301 g/mol. The maximum Gasteiger partial charge on any atom is 0.433 e. The zero-order valence-corrected chi connectivity index (χ0v) is 11.7. The van der Waals surface area contributed by atoms with Gasteiger partial charge in [-0.2, -0.15) is 13.2 Å². The molecule has 7 heteroatoms. The van der Waals surface area contributed by atoms with Gasteiger partial charge in [0.1, 0.15) is 5.69 Å². The number of halogens is 3. The molecule has 21 heavy (non-hydrogen) atoms. The normalized spacial score (nSPS) is 23.2. The minimum Gasteiger partial charge on any atom is -0.338 e. The van der Waals surface area contributed by atoms with E-state index in [2.05, 4.69) is 11.9 Å². The van der Waals surface area contributed by atoms with Gasteiger partial charge in [0, 0.05) is 19.3 Å². The van der Waals surface area contributed by atoms with Gasteiger partial charge in [-0.05, 0) is 36.9 Å². The average Bonchev–Trinajstić information content (AvgIpc) is 2.46. The Balaban J connectivity index is 2.10. The van der Waals surface area contributed by atoms with E-state index < -0.39 is 11.9 Å². The summed E-state index contributed by atoms with van der Waals surface area (Å²) < 4.78 is 37.3. The van der Waals surface area contributed by atoms with Crippen LogP contribution in [-0.4, -0.2) is 35.4 Å². The maximum atomic E-state index is 12.4. The second-order valence-electron chi connectivity index (χ2n) is 5.44. The summed E-state index contributed by atoms with van der Waals surface area (Å²) in [7, 11) is 0. The minimum atomic E-state index is -4.49. The summed E-state index contributed by atoms with van der Waals surface area (Å²) >= 11 is 0. The molecule has 1 aliphatic heterocycles. The van der Waals surface area contributed by atoms with Gasteiger partial charge in [0.15, 0.2) is 0 Å². The number of hydrogen-bond donors (Lipinski definition) is 1. The molecule has 0 aliphatic carbocycles. The van der Waals surface area contributed by atoms with Gasteiger partial charge in [-0.15, -0.1) is 0 Å². The standard InChI is InChI=1S/C14H18F3N3O/c1-9-4-5-20(8-11(9)6-18)13(21)10-2-3-12(19-7-10)14(15,16)17/h2-3,7,9,11H,4-6,8,18H2,1H3. The van der Waals surface area contributed by atoms with Crippen molar-refractivity contribution in [3.63, 3.8) is 0 Å².